The van der Waals surface area contributed by atoms with Crippen molar-refractivity contribution in [1.82, 2.24) is 14.7 Å². The van der Waals surface area contributed by atoms with Gasteiger partial charge in [-0.15, -0.1) is 11.3 Å². The van der Waals surface area contributed by atoms with E-state index in [0.29, 0.717) is 15.7 Å². The fourth-order valence-electron chi connectivity index (χ4n) is 2.07. The number of nitrogens with one attached hydrogen (secondary N) is 1. The molecule has 0 spiro atoms. The first kappa shape index (κ1) is 14.4. The molecule has 0 aliphatic heterocycles. The Labute approximate surface area is 135 Å². The van der Waals surface area contributed by atoms with Crippen LogP contribution in [-0.4, -0.2) is 15.3 Å². The minimum Gasteiger partial charge on any atom is -0.343 e. The predicted molar refractivity (Wildman–Crippen MR) is 85.4 cm³/mol. The molecule has 3 aromatic heterocycles. The summed E-state index contributed by atoms with van der Waals surface area (Å²) in [5.74, 6) is -0.268. The Morgan fingerprint density at radius 3 is 2.86 bits per heavy atom. The molecule has 3 heterocycles. The zero-order valence-corrected chi connectivity index (χ0v) is 13.3. The average molecular weight is 340 g/mol. The van der Waals surface area contributed by atoms with E-state index in [9.17, 15) is 4.79 Å². The van der Waals surface area contributed by atoms with Crippen molar-refractivity contribution in [2.75, 3.05) is 0 Å². The summed E-state index contributed by atoms with van der Waals surface area (Å²) >= 11 is 13.4. The lowest BCUT2D eigenvalue weighted by molar-refractivity contribution is 0.0934. The number of thiophene rings is 1. The molecule has 0 saturated carbocycles. The van der Waals surface area contributed by atoms with Crippen molar-refractivity contribution in [3.05, 3.63) is 56.6 Å². The number of hydrogen-bond acceptors (Lipinski definition) is 3. The van der Waals surface area contributed by atoms with E-state index < -0.39 is 0 Å². The molecule has 108 valence electrons. The quantitative estimate of drug-likeness (QED) is 0.777. The predicted octanol–water partition coefficient (Wildman–Crippen LogP) is 4.19. The maximum absolute atomic E-state index is 12.4. The second kappa shape index (κ2) is 5.67. The summed E-state index contributed by atoms with van der Waals surface area (Å²) in [5, 5.41) is 3.10. The standard InChI is InChI=1S/C14H11Cl2N3OS/c1-8(9-5-6-10(15)21-9)17-14(20)12-13(16)18-11-4-2-3-7-19(11)12/h2-8H,1H3,(H,17,20). The van der Waals surface area contributed by atoms with Crippen LogP contribution in [0.3, 0.4) is 0 Å². The fourth-order valence-corrected chi connectivity index (χ4v) is 3.39. The minimum absolute atomic E-state index is 0.152. The lowest BCUT2D eigenvalue weighted by atomic mass is 10.2. The second-order valence-electron chi connectivity index (χ2n) is 4.52. The summed E-state index contributed by atoms with van der Waals surface area (Å²) in [4.78, 5) is 17.6. The Morgan fingerprint density at radius 2 is 2.14 bits per heavy atom. The summed E-state index contributed by atoms with van der Waals surface area (Å²) in [7, 11) is 0. The number of hydrogen-bond donors (Lipinski definition) is 1. The SMILES string of the molecule is CC(NC(=O)c1c(Cl)nc2ccccn12)c1ccc(Cl)s1. The van der Waals surface area contributed by atoms with Crippen LogP contribution >= 0.6 is 34.5 Å². The van der Waals surface area contributed by atoms with Crippen molar-refractivity contribution in [1.29, 1.82) is 0 Å². The summed E-state index contributed by atoms with van der Waals surface area (Å²) in [6.07, 6.45) is 1.76. The minimum atomic E-state index is -0.268. The number of imidazole rings is 1. The van der Waals surface area contributed by atoms with Crippen LogP contribution in [0.2, 0.25) is 9.49 Å². The molecular weight excluding hydrogens is 329 g/mol. The van der Waals surface area contributed by atoms with E-state index >= 15 is 0 Å². The third-order valence-electron chi connectivity index (χ3n) is 3.07. The molecule has 1 atom stereocenters. The Bertz CT molecular complexity index is 812. The van der Waals surface area contributed by atoms with Crippen LogP contribution in [-0.2, 0) is 0 Å². The Morgan fingerprint density at radius 1 is 1.33 bits per heavy atom. The first-order valence-electron chi connectivity index (χ1n) is 6.25. The maximum atomic E-state index is 12.4. The molecule has 0 bridgehead atoms. The molecule has 3 aromatic rings. The highest BCUT2D eigenvalue weighted by Crippen LogP contribution is 2.27. The first-order valence-corrected chi connectivity index (χ1v) is 7.82. The number of amides is 1. The van der Waals surface area contributed by atoms with Gasteiger partial charge in [0.05, 0.1) is 10.4 Å². The van der Waals surface area contributed by atoms with Gasteiger partial charge in [0, 0.05) is 11.1 Å². The molecule has 0 aliphatic rings. The zero-order valence-electron chi connectivity index (χ0n) is 11.0. The average Bonchev–Trinajstić information content (AvgIpc) is 3.01. The molecular formula is C14H11Cl2N3OS. The van der Waals surface area contributed by atoms with Gasteiger partial charge >= 0.3 is 0 Å². The molecule has 0 aromatic carbocycles. The third kappa shape index (κ3) is 2.77. The number of rotatable bonds is 3. The van der Waals surface area contributed by atoms with E-state index in [1.807, 2.05) is 31.2 Å². The highest BCUT2D eigenvalue weighted by atomic mass is 35.5. The number of carbonyl (C=O) groups is 1. The van der Waals surface area contributed by atoms with Gasteiger partial charge in [0.1, 0.15) is 5.65 Å². The summed E-state index contributed by atoms with van der Waals surface area (Å²) in [6, 6.07) is 9.02. The Kier molecular flexibility index (Phi) is 3.89. The summed E-state index contributed by atoms with van der Waals surface area (Å²) in [5.41, 5.74) is 0.973. The zero-order chi connectivity index (χ0) is 15.0. The van der Waals surface area contributed by atoms with Crippen molar-refractivity contribution >= 4 is 46.1 Å². The lowest BCUT2D eigenvalue weighted by Crippen LogP contribution is -2.27. The Hall–Kier alpha value is -1.56. The molecule has 1 unspecified atom stereocenters. The van der Waals surface area contributed by atoms with E-state index in [0.717, 1.165) is 4.88 Å². The number of nitrogens with zero attached hydrogens (tertiary/aromatic N) is 2. The number of carbonyl (C=O) groups excluding carboxylic acids is 1. The van der Waals surface area contributed by atoms with Crippen LogP contribution in [0.25, 0.3) is 5.65 Å². The summed E-state index contributed by atoms with van der Waals surface area (Å²) < 4.78 is 2.37. The fraction of sp³-hybridized carbons (Fsp3) is 0.143. The van der Waals surface area contributed by atoms with Gasteiger partial charge in [0.15, 0.2) is 10.8 Å². The van der Waals surface area contributed by atoms with E-state index in [1.54, 1.807) is 16.7 Å². The monoisotopic (exact) mass is 339 g/mol. The molecule has 0 saturated heterocycles. The number of halogens is 2. The van der Waals surface area contributed by atoms with Crippen molar-refractivity contribution in [3.63, 3.8) is 0 Å². The number of fused-ring (bicyclic) bond motifs is 1. The van der Waals surface area contributed by atoms with Gasteiger partial charge in [0.25, 0.3) is 5.91 Å². The lowest BCUT2D eigenvalue weighted by Gasteiger charge is -2.12. The van der Waals surface area contributed by atoms with Crippen LogP contribution in [0.1, 0.15) is 28.3 Å². The van der Waals surface area contributed by atoms with Crippen molar-refractivity contribution < 1.29 is 4.79 Å². The van der Waals surface area contributed by atoms with Crippen LogP contribution in [0.15, 0.2) is 36.5 Å². The van der Waals surface area contributed by atoms with Crippen LogP contribution in [0.4, 0.5) is 0 Å². The van der Waals surface area contributed by atoms with Crippen LogP contribution in [0.5, 0.6) is 0 Å². The van der Waals surface area contributed by atoms with Gasteiger partial charge < -0.3 is 5.32 Å². The van der Waals surface area contributed by atoms with Gasteiger partial charge in [-0.1, -0.05) is 29.3 Å². The second-order valence-corrected chi connectivity index (χ2v) is 6.62. The maximum Gasteiger partial charge on any atom is 0.272 e. The molecule has 7 heteroatoms. The van der Waals surface area contributed by atoms with Gasteiger partial charge in [0.2, 0.25) is 0 Å². The Balaban J connectivity index is 1.89. The number of pyridine rings is 1. The highest BCUT2D eigenvalue weighted by Gasteiger charge is 2.20. The largest absolute Gasteiger partial charge is 0.343 e. The molecule has 3 rings (SSSR count). The van der Waals surface area contributed by atoms with E-state index in [-0.39, 0.29) is 17.1 Å². The van der Waals surface area contributed by atoms with E-state index in [4.69, 9.17) is 23.2 Å². The number of aromatic nitrogens is 2. The molecule has 1 amide bonds. The van der Waals surface area contributed by atoms with Crippen LogP contribution < -0.4 is 5.32 Å². The molecule has 0 aliphatic carbocycles. The molecule has 4 nitrogen and oxygen atoms in total. The van der Waals surface area contributed by atoms with Crippen molar-refractivity contribution in [2.24, 2.45) is 0 Å². The normalized spacial score (nSPS) is 12.5. The van der Waals surface area contributed by atoms with Gasteiger partial charge in [-0.2, -0.15) is 0 Å². The van der Waals surface area contributed by atoms with Gasteiger partial charge in [-0.3, -0.25) is 9.20 Å². The molecule has 0 radical (unpaired) electrons. The topological polar surface area (TPSA) is 46.4 Å². The van der Waals surface area contributed by atoms with E-state index in [2.05, 4.69) is 10.3 Å². The van der Waals surface area contributed by atoms with Crippen molar-refractivity contribution in [2.45, 2.75) is 13.0 Å². The van der Waals surface area contributed by atoms with E-state index in [1.165, 1.54) is 11.3 Å². The van der Waals surface area contributed by atoms with Gasteiger partial charge in [-0.25, -0.2) is 4.98 Å². The molecule has 0 fully saturated rings. The smallest absolute Gasteiger partial charge is 0.272 e. The molecule has 1 N–H and O–H groups in total. The first-order chi connectivity index (χ1) is 10.1. The third-order valence-corrected chi connectivity index (χ3v) is 4.75. The molecule has 21 heavy (non-hydrogen) atoms. The highest BCUT2D eigenvalue weighted by molar-refractivity contribution is 7.16. The van der Waals surface area contributed by atoms with Crippen LogP contribution in [0, 0.1) is 0 Å². The summed E-state index contributed by atoms with van der Waals surface area (Å²) in [6.45, 7) is 1.90. The van der Waals surface area contributed by atoms with Crippen molar-refractivity contribution in [3.8, 4) is 0 Å². The van der Waals surface area contributed by atoms with Gasteiger partial charge in [-0.05, 0) is 31.2 Å².